The summed E-state index contributed by atoms with van der Waals surface area (Å²) < 4.78 is 38.7. The van der Waals surface area contributed by atoms with Crippen LogP contribution in [-0.2, 0) is 12.7 Å². The van der Waals surface area contributed by atoms with E-state index in [0.717, 1.165) is 26.7 Å². The van der Waals surface area contributed by atoms with Crippen LogP contribution in [0.25, 0.3) is 10.2 Å². The molecule has 3 aromatic rings. The van der Waals surface area contributed by atoms with Crippen LogP contribution < -0.4 is 5.32 Å². The number of anilines is 1. The smallest absolute Gasteiger partial charge is 0.355 e. The standard InChI is InChI=1S/C13H10F3N3S2/c1-7-5-17-11(20-7)6-18-12-19-9-4-8(13(14,15)16)2-3-10(9)21-12/h2-5H,6H2,1H3,(H,18,19). The average molecular weight is 329 g/mol. The highest BCUT2D eigenvalue weighted by atomic mass is 32.1. The Morgan fingerprint density at radius 2 is 2.05 bits per heavy atom. The second-order valence-corrected chi connectivity index (χ2v) is 6.77. The summed E-state index contributed by atoms with van der Waals surface area (Å²) in [4.78, 5) is 9.52. The van der Waals surface area contributed by atoms with E-state index in [9.17, 15) is 13.2 Å². The summed E-state index contributed by atoms with van der Waals surface area (Å²) in [6, 6.07) is 3.60. The molecule has 0 saturated heterocycles. The maximum absolute atomic E-state index is 12.6. The van der Waals surface area contributed by atoms with E-state index in [1.165, 1.54) is 17.4 Å². The normalized spacial score (nSPS) is 12.0. The van der Waals surface area contributed by atoms with Crippen LogP contribution in [0.5, 0.6) is 0 Å². The van der Waals surface area contributed by atoms with E-state index >= 15 is 0 Å². The molecule has 1 N–H and O–H groups in total. The molecule has 2 aromatic heterocycles. The van der Waals surface area contributed by atoms with Gasteiger partial charge in [-0.2, -0.15) is 13.2 Å². The quantitative estimate of drug-likeness (QED) is 0.757. The molecule has 110 valence electrons. The number of aryl methyl sites for hydroxylation is 1. The molecule has 0 bridgehead atoms. The Morgan fingerprint density at radius 3 is 2.71 bits per heavy atom. The molecule has 8 heteroatoms. The lowest BCUT2D eigenvalue weighted by molar-refractivity contribution is -0.137. The first-order valence-electron chi connectivity index (χ1n) is 6.05. The third kappa shape index (κ3) is 3.16. The predicted molar refractivity (Wildman–Crippen MR) is 78.8 cm³/mol. The van der Waals surface area contributed by atoms with E-state index in [4.69, 9.17) is 0 Å². The number of aromatic nitrogens is 2. The molecule has 0 amide bonds. The first-order valence-corrected chi connectivity index (χ1v) is 7.68. The van der Waals surface area contributed by atoms with Crippen LogP contribution in [0.1, 0.15) is 15.4 Å². The number of alkyl halides is 3. The SMILES string of the molecule is Cc1cnc(CNc2nc3cc(C(F)(F)F)ccc3s2)s1. The van der Waals surface area contributed by atoms with E-state index in [0.29, 0.717) is 17.2 Å². The van der Waals surface area contributed by atoms with Crippen molar-refractivity contribution in [3.63, 3.8) is 0 Å². The molecule has 0 saturated carbocycles. The molecule has 1 aromatic carbocycles. The van der Waals surface area contributed by atoms with Crippen LogP contribution in [0, 0.1) is 6.92 Å². The Kier molecular flexibility index (Phi) is 3.58. The fourth-order valence-corrected chi connectivity index (χ4v) is 3.38. The summed E-state index contributed by atoms with van der Waals surface area (Å²) in [6.07, 6.45) is -2.56. The number of rotatable bonds is 3. The van der Waals surface area contributed by atoms with Crippen molar-refractivity contribution < 1.29 is 13.2 Å². The number of nitrogens with one attached hydrogen (secondary N) is 1. The summed E-state index contributed by atoms with van der Waals surface area (Å²) in [7, 11) is 0. The number of fused-ring (bicyclic) bond motifs is 1. The van der Waals surface area contributed by atoms with Crippen LogP contribution >= 0.6 is 22.7 Å². The van der Waals surface area contributed by atoms with Gasteiger partial charge in [-0.3, -0.25) is 0 Å². The van der Waals surface area contributed by atoms with Crippen LogP contribution in [0.15, 0.2) is 24.4 Å². The molecule has 2 heterocycles. The van der Waals surface area contributed by atoms with Gasteiger partial charge in [0.25, 0.3) is 0 Å². The van der Waals surface area contributed by atoms with Crippen molar-refractivity contribution in [3.8, 4) is 0 Å². The summed E-state index contributed by atoms with van der Waals surface area (Å²) in [5, 5.41) is 4.61. The molecule has 3 nitrogen and oxygen atoms in total. The number of benzene rings is 1. The lowest BCUT2D eigenvalue weighted by Gasteiger charge is -2.04. The highest BCUT2D eigenvalue weighted by Gasteiger charge is 2.30. The minimum atomic E-state index is -4.34. The molecule has 0 aliphatic heterocycles. The lowest BCUT2D eigenvalue weighted by atomic mass is 10.2. The predicted octanol–water partition coefficient (Wildman–Crippen LogP) is 4.69. The third-order valence-corrected chi connectivity index (χ3v) is 4.68. The zero-order chi connectivity index (χ0) is 15.0. The summed E-state index contributed by atoms with van der Waals surface area (Å²) in [5.74, 6) is 0. The Labute approximate surface area is 126 Å². The molecule has 3 rings (SSSR count). The van der Waals surface area contributed by atoms with Gasteiger partial charge in [0.15, 0.2) is 5.13 Å². The Balaban J connectivity index is 1.80. The average Bonchev–Trinajstić information content (AvgIpc) is 2.99. The van der Waals surface area contributed by atoms with Crippen LogP contribution in [0.4, 0.5) is 18.3 Å². The highest BCUT2D eigenvalue weighted by Crippen LogP contribution is 2.34. The summed E-state index contributed by atoms with van der Waals surface area (Å²) >= 11 is 2.90. The number of nitrogens with zero attached hydrogens (tertiary/aromatic N) is 2. The van der Waals surface area contributed by atoms with Crippen molar-refractivity contribution in [2.75, 3.05) is 5.32 Å². The maximum Gasteiger partial charge on any atom is 0.416 e. The molecule has 0 spiro atoms. The number of hydrogen-bond acceptors (Lipinski definition) is 5. The van der Waals surface area contributed by atoms with Crippen LogP contribution in [0.2, 0.25) is 0 Å². The van der Waals surface area contributed by atoms with Crippen molar-refractivity contribution in [1.29, 1.82) is 0 Å². The largest absolute Gasteiger partial charge is 0.416 e. The molecule has 21 heavy (non-hydrogen) atoms. The van der Waals surface area contributed by atoms with Gasteiger partial charge in [-0.05, 0) is 25.1 Å². The molecule has 0 aliphatic rings. The zero-order valence-electron chi connectivity index (χ0n) is 10.9. The van der Waals surface area contributed by atoms with E-state index in [-0.39, 0.29) is 0 Å². The van der Waals surface area contributed by atoms with Gasteiger partial charge in [-0.25, -0.2) is 9.97 Å². The first kappa shape index (κ1) is 14.3. The molecule has 0 aliphatic carbocycles. The van der Waals surface area contributed by atoms with Crippen LogP contribution in [-0.4, -0.2) is 9.97 Å². The molecule has 0 fully saturated rings. The van der Waals surface area contributed by atoms with Crippen molar-refractivity contribution in [3.05, 3.63) is 39.8 Å². The minimum absolute atomic E-state index is 0.354. The fraction of sp³-hybridized carbons (Fsp3) is 0.231. The first-order chi connectivity index (χ1) is 9.91. The molecular formula is C13H10F3N3S2. The minimum Gasteiger partial charge on any atom is -0.355 e. The van der Waals surface area contributed by atoms with Crippen molar-refractivity contribution in [2.45, 2.75) is 19.6 Å². The lowest BCUT2D eigenvalue weighted by Crippen LogP contribution is -2.04. The van der Waals surface area contributed by atoms with Crippen molar-refractivity contribution in [2.24, 2.45) is 0 Å². The van der Waals surface area contributed by atoms with Crippen molar-refractivity contribution >= 4 is 38.0 Å². The van der Waals surface area contributed by atoms with Gasteiger partial charge in [0.05, 0.1) is 22.3 Å². The molecule has 0 atom stereocenters. The second-order valence-electron chi connectivity index (χ2n) is 4.42. The second kappa shape index (κ2) is 5.27. The summed E-state index contributed by atoms with van der Waals surface area (Å²) in [6.45, 7) is 2.49. The highest BCUT2D eigenvalue weighted by molar-refractivity contribution is 7.22. The number of hydrogen-bond donors (Lipinski definition) is 1. The molecular weight excluding hydrogens is 319 g/mol. The van der Waals surface area contributed by atoms with Gasteiger partial charge < -0.3 is 5.32 Å². The number of thiazole rings is 2. The Morgan fingerprint density at radius 1 is 1.24 bits per heavy atom. The molecule has 0 radical (unpaired) electrons. The Bertz CT molecular complexity index is 776. The maximum atomic E-state index is 12.6. The summed E-state index contributed by atoms with van der Waals surface area (Å²) in [5.41, 5.74) is -0.324. The number of halogens is 3. The Hall–Kier alpha value is -1.67. The van der Waals surface area contributed by atoms with Gasteiger partial charge in [-0.15, -0.1) is 11.3 Å². The van der Waals surface area contributed by atoms with Gasteiger partial charge >= 0.3 is 6.18 Å². The fourth-order valence-electron chi connectivity index (χ4n) is 1.81. The van der Waals surface area contributed by atoms with E-state index in [1.54, 1.807) is 17.5 Å². The monoisotopic (exact) mass is 329 g/mol. The van der Waals surface area contributed by atoms with E-state index < -0.39 is 11.7 Å². The van der Waals surface area contributed by atoms with Gasteiger partial charge in [0, 0.05) is 11.1 Å². The topological polar surface area (TPSA) is 37.8 Å². The van der Waals surface area contributed by atoms with Crippen molar-refractivity contribution in [1.82, 2.24) is 9.97 Å². The van der Waals surface area contributed by atoms with Gasteiger partial charge in [0.2, 0.25) is 0 Å². The third-order valence-electron chi connectivity index (χ3n) is 2.77. The van der Waals surface area contributed by atoms with Gasteiger partial charge in [0.1, 0.15) is 5.01 Å². The van der Waals surface area contributed by atoms with Gasteiger partial charge in [-0.1, -0.05) is 11.3 Å². The molecule has 0 unspecified atom stereocenters. The van der Waals surface area contributed by atoms with Crippen LogP contribution in [0.3, 0.4) is 0 Å². The van der Waals surface area contributed by atoms with E-state index in [2.05, 4.69) is 15.3 Å². The van der Waals surface area contributed by atoms with E-state index in [1.807, 2.05) is 6.92 Å². The zero-order valence-corrected chi connectivity index (χ0v) is 12.5.